The van der Waals surface area contributed by atoms with Crippen LogP contribution < -0.4 is 0 Å². The second-order valence-electron chi connectivity index (χ2n) is 3.60. The predicted molar refractivity (Wildman–Crippen MR) is 61.9 cm³/mol. The third kappa shape index (κ3) is 7.83. The van der Waals surface area contributed by atoms with Crippen molar-refractivity contribution in [3.05, 3.63) is 24.8 Å². The van der Waals surface area contributed by atoms with Gasteiger partial charge in [0.1, 0.15) is 0 Å². The van der Waals surface area contributed by atoms with Crippen LogP contribution in [0, 0.1) is 5.92 Å². The molecule has 0 heterocycles. The summed E-state index contributed by atoms with van der Waals surface area (Å²) in [6.45, 7) is 8.25. The van der Waals surface area contributed by atoms with Crippen molar-refractivity contribution in [3.63, 3.8) is 0 Å². The van der Waals surface area contributed by atoms with Gasteiger partial charge in [0.25, 0.3) is 0 Å². The summed E-state index contributed by atoms with van der Waals surface area (Å²) in [6.07, 6.45) is 14.3. The van der Waals surface area contributed by atoms with Crippen molar-refractivity contribution in [3.8, 4) is 0 Å². The van der Waals surface area contributed by atoms with Crippen molar-refractivity contribution in [2.45, 2.75) is 52.4 Å². The van der Waals surface area contributed by atoms with Crippen molar-refractivity contribution < 1.29 is 0 Å². The van der Waals surface area contributed by atoms with E-state index < -0.39 is 0 Å². The highest BCUT2D eigenvalue weighted by Gasteiger charge is 1.98. The third-order valence-electron chi connectivity index (χ3n) is 2.40. The van der Waals surface area contributed by atoms with Crippen molar-refractivity contribution in [2.75, 3.05) is 0 Å². The van der Waals surface area contributed by atoms with Gasteiger partial charge in [0.15, 0.2) is 0 Å². The minimum Gasteiger partial charge on any atom is -0.103 e. The van der Waals surface area contributed by atoms with Gasteiger partial charge in [-0.15, -0.1) is 6.58 Å². The van der Waals surface area contributed by atoms with E-state index in [4.69, 9.17) is 0 Å². The molecule has 0 heteroatoms. The zero-order valence-electron chi connectivity index (χ0n) is 9.26. The molecule has 0 radical (unpaired) electrons. The molecule has 0 saturated heterocycles. The Balaban J connectivity index is 3.55. The molecule has 0 aromatic rings. The fourth-order valence-corrected chi connectivity index (χ4v) is 1.38. The molecule has 0 amide bonds. The molecule has 0 fully saturated rings. The van der Waals surface area contributed by atoms with Gasteiger partial charge in [0, 0.05) is 0 Å². The molecule has 0 spiro atoms. The van der Waals surface area contributed by atoms with Crippen molar-refractivity contribution in [1.82, 2.24) is 0 Å². The van der Waals surface area contributed by atoms with E-state index in [0.29, 0.717) is 0 Å². The highest BCUT2D eigenvalue weighted by Crippen LogP contribution is 2.13. The zero-order chi connectivity index (χ0) is 9.94. The molecule has 0 saturated carbocycles. The van der Waals surface area contributed by atoms with E-state index in [9.17, 15) is 0 Å². The lowest BCUT2D eigenvalue weighted by molar-refractivity contribution is 0.577. The van der Waals surface area contributed by atoms with Crippen LogP contribution in [-0.4, -0.2) is 0 Å². The molecule has 13 heavy (non-hydrogen) atoms. The maximum atomic E-state index is 3.75. The van der Waals surface area contributed by atoms with Crippen LogP contribution in [0.15, 0.2) is 24.8 Å². The monoisotopic (exact) mass is 180 g/mol. The molecular weight excluding hydrogens is 156 g/mol. The highest BCUT2D eigenvalue weighted by atomic mass is 14.0. The first-order valence-corrected chi connectivity index (χ1v) is 5.62. The molecule has 76 valence electrons. The summed E-state index contributed by atoms with van der Waals surface area (Å²) < 4.78 is 0. The van der Waals surface area contributed by atoms with Gasteiger partial charge in [-0.25, -0.2) is 0 Å². The molecule has 0 nitrogen and oxygen atoms in total. The molecule has 0 aliphatic carbocycles. The molecule has 0 aromatic heterocycles. The van der Waals surface area contributed by atoms with Gasteiger partial charge < -0.3 is 0 Å². The van der Waals surface area contributed by atoms with Gasteiger partial charge in [-0.3, -0.25) is 0 Å². The lowest BCUT2D eigenvalue weighted by Crippen LogP contribution is -1.92. The Bertz CT molecular complexity index is 133. The van der Waals surface area contributed by atoms with Gasteiger partial charge in [0.2, 0.25) is 0 Å². The molecule has 1 unspecified atom stereocenters. The number of rotatable bonds is 8. The van der Waals surface area contributed by atoms with Gasteiger partial charge in [-0.1, -0.05) is 44.9 Å². The first-order chi connectivity index (χ1) is 6.35. The van der Waals surface area contributed by atoms with Crippen LogP contribution >= 0.6 is 0 Å². The molecule has 0 N–H and O–H groups in total. The summed E-state index contributed by atoms with van der Waals surface area (Å²) in [6, 6.07) is 0. The quantitative estimate of drug-likeness (QED) is 0.374. The summed E-state index contributed by atoms with van der Waals surface area (Å²) in [5, 5.41) is 0. The second kappa shape index (κ2) is 9.57. The fourth-order valence-electron chi connectivity index (χ4n) is 1.38. The van der Waals surface area contributed by atoms with E-state index in [1.54, 1.807) is 0 Å². The lowest BCUT2D eigenvalue weighted by atomic mass is 9.99. The number of unbranched alkanes of at least 4 members (excludes halogenated alkanes) is 2. The molecule has 0 rings (SSSR count). The normalized spacial score (nSPS) is 13.4. The molecule has 0 aromatic carbocycles. The van der Waals surface area contributed by atoms with Crippen LogP contribution in [0.5, 0.6) is 0 Å². The Morgan fingerprint density at radius 3 is 2.54 bits per heavy atom. The minimum atomic E-state index is 0.773. The number of hydrogen-bond donors (Lipinski definition) is 0. The Kier molecular flexibility index (Phi) is 9.18. The Hall–Kier alpha value is -0.520. The Morgan fingerprint density at radius 2 is 2.00 bits per heavy atom. The summed E-state index contributed by atoms with van der Waals surface area (Å²) in [7, 11) is 0. The average Bonchev–Trinajstić information content (AvgIpc) is 2.17. The largest absolute Gasteiger partial charge is 0.103 e. The lowest BCUT2D eigenvalue weighted by Gasteiger charge is -2.07. The van der Waals surface area contributed by atoms with Crippen LogP contribution in [0.1, 0.15) is 52.4 Å². The van der Waals surface area contributed by atoms with Crippen molar-refractivity contribution in [2.24, 2.45) is 5.92 Å². The van der Waals surface area contributed by atoms with E-state index in [1.807, 2.05) is 6.08 Å². The van der Waals surface area contributed by atoms with Crippen LogP contribution in [0.2, 0.25) is 0 Å². The van der Waals surface area contributed by atoms with E-state index in [1.165, 1.54) is 32.1 Å². The van der Waals surface area contributed by atoms with Gasteiger partial charge in [0.05, 0.1) is 0 Å². The zero-order valence-corrected chi connectivity index (χ0v) is 9.26. The maximum Gasteiger partial charge on any atom is -0.0233 e. The standard InChI is InChI=1S/C13H24/c1-4-7-9-10-12-13(6-3)11-8-5-2/h5,10,12-13H,2,4,6-9,11H2,1,3H3. The first kappa shape index (κ1) is 12.5. The van der Waals surface area contributed by atoms with Crippen LogP contribution in [0.4, 0.5) is 0 Å². The van der Waals surface area contributed by atoms with E-state index in [2.05, 4.69) is 32.6 Å². The number of allylic oxidation sites excluding steroid dienone is 3. The van der Waals surface area contributed by atoms with E-state index >= 15 is 0 Å². The summed E-state index contributed by atoms with van der Waals surface area (Å²) in [4.78, 5) is 0. The van der Waals surface area contributed by atoms with Crippen LogP contribution in [-0.2, 0) is 0 Å². The SMILES string of the molecule is C=CCCC(C=CCCCC)CC. The van der Waals surface area contributed by atoms with Gasteiger partial charge in [-0.05, 0) is 31.6 Å². The predicted octanol–water partition coefficient (Wildman–Crippen LogP) is 4.73. The summed E-state index contributed by atoms with van der Waals surface area (Å²) >= 11 is 0. The number of hydrogen-bond acceptors (Lipinski definition) is 0. The minimum absolute atomic E-state index is 0.773. The van der Waals surface area contributed by atoms with Crippen LogP contribution in [0.3, 0.4) is 0 Å². The third-order valence-corrected chi connectivity index (χ3v) is 2.40. The van der Waals surface area contributed by atoms with Crippen LogP contribution in [0.25, 0.3) is 0 Å². The van der Waals surface area contributed by atoms with Crippen molar-refractivity contribution >= 4 is 0 Å². The Morgan fingerprint density at radius 1 is 1.23 bits per heavy atom. The fraction of sp³-hybridized carbons (Fsp3) is 0.692. The van der Waals surface area contributed by atoms with Crippen molar-refractivity contribution in [1.29, 1.82) is 0 Å². The Labute approximate surface area is 83.7 Å². The van der Waals surface area contributed by atoms with Gasteiger partial charge >= 0.3 is 0 Å². The van der Waals surface area contributed by atoms with E-state index in [0.717, 1.165) is 12.3 Å². The maximum absolute atomic E-state index is 3.75. The highest BCUT2D eigenvalue weighted by molar-refractivity contribution is 4.88. The topological polar surface area (TPSA) is 0 Å². The first-order valence-electron chi connectivity index (χ1n) is 5.62. The second-order valence-corrected chi connectivity index (χ2v) is 3.60. The molecular formula is C13H24. The molecule has 1 atom stereocenters. The smallest absolute Gasteiger partial charge is 0.0233 e. The van der Waals surface area contributed by atoms with E-state index in [-0.39, 0.29) is 0 Å². The molecule has 0 bridgehead atoms. The molecule has 0 aliphatic heterocycles. The summed E-state index contributed by atoms with van der Waals surface area (Å²) in [5.74, 6) is 0.773. The average molecular weight is 180 g/mol. The summed E-state index contributed by atoms with van der Waals surface area (Å²) in [5.41, 5.74) is 0. The van der Waals surface area contributed by atoms with Gasteiger partial charge in [-0.2, -0.15) is 0 Å². The molecule has 0 aliphatic rings.